The molecule has 0 aromatic heterocycles. The molecular weight excluding hydrogens is 232 g/mol. The second-order valence-corrected chi connectivity index (χ2v) is 5.62. The van der Waals surface area contributed by atoms with Gasteiger partial charge in [-0.05, 0) is 26.3 Å². The standard InChI is InChI=1S/C13H24N2O3/c1-9(2)5-6-15-8-11(13(17)18)7-14(4)10(3)12(15)16/h9-11H,5-8H2,1-4H3,(H,17,18). The van der Waals surface area contributed by atoms with Gasteiger partial charge >= 0.3 is 5.97 Å². The number of likely N-dealkylation sites (N-methyl/N-ethyl adjacent to an activating group) is 1. The molecule has 0 radical (unpaired) electrons. The summed E-state index contributed by atoms with van der Waals surface area (Å²) in [7, 11) is 1.81. The Labute approximate surface area is 109 Å². The minimum Gasteiger partial charge on any atom is -0.481 e. The number of aliphatic carboxylic acids is 1. The van der Waals surface area contributed by atoms with E-state index in [2.05, 4.69) is 13.8 Å². The summed E-state index contributed by atoms with van der Waals surface area (Å²) in [6, 6.07) is -0.235. The molecule has 0 saturated carbocycles. The van der Waals surface area contributed by atoms with Crippen molar-refractivity contribution < 1.29 is 14.7 Å². The summed E-state index contributed by atoms with van der Waals surface area (Å²) in [5, 5.41) is 9.18. The van der Waals surface area contributed by atoms with Crippen molar-refractivity contribution in [2.45, 2.75) is 33.2 Å². The Morgan fingerprint density at radius 3 is 2.56 bits per heavy atom. The highest BCUT2D eigenvalue weighted by molar-refractivity contribution is 5.83. The van der Waals surface area contributed by atoms with Crippen LogP contribution in [0.15, 0.2) is 0 Å². The first-order valence-electron chi connectivity index (χ1n) is 6.54. The largest absolute Gasteiger partial charge is 0.481 e. The quantitative estimate of drug-likeness (QED) is 0.811. The fraction of sp³-hybridized carbons (Fsp3) is 0.846. The summed E-state index contributed by atoms with van der Waals surface area (Å²) in [6.07, 6.45) is 0.911. The van der Waals surface area contributed by atoms with Crippen LogP contribution >= 0.6 is 0 Å². The topological polar surface area (TPSA) is 60.9 Å². The van der Waals surface area contributed by atoms with Crippen molar-refractivity contribution in [2.75, 3.05) is 26.7 Å². The fourth-order valence-corrected chi connectivity index (χ4v) is 2.14. The molecule has 0 aromatic rings. The molecule has 1 amide bonds. The molecule has 5 heteroatoms. The van der Waals surface area contributed by atoms with Gasteiger partial charge in [-0.15, -0.1) is 0 Å². The van der Waals surface area contributed by atoms with Crippen LogP contribution in [0.4, 0.5) is 0 Å². The van der Waals surface area contributed by atoms with Crippen LogP contribution in [-0.2, 0) is 9.59 Å². The highest BCUT2D eigenvalue weighted by Gasteiger charge is 2.34. The molecule has 5 nitrogen and oxygen atoms in total. The summed E-state index contributed by atoms with van der Waals surface area (Å²) in [6.45, 7) is 7.46. The van der Waals surface area contributed by atoms with Crippen molar-refractivity contribution in [2.24, 2.45) is 11.8 Å². The SMILES string of the molecule is CC(C)CCN1CC(C(=O)O)CN(C)C(C)C1=O. The number of nitrogens with zero attached hydrogens (tertiary/aromatic N) is 2. The van der Waals surface area contributed by atoms with Crippen LogP contribution in [0, 0.1) is 11.8 Å². The Balaban J connectivity index is 2.78. The van der Waals surface area contributed by atoms with Gasteiger partial charge in [-0.1, -0.05) is 13.8 Å². The lowest BCUT2D eigenvalue weighted by Gasteiger charge is -2.25. The molecular formula is C13H24N2O3. The summed E-state index contributed by atoms with van der Waals surface area (Å²) in [5.41, 5.74) is 0. The van der Waals surface area contributed by atoms with Gasteiger partial charge in [0.25, 0.3) is 0 Å². The number of rotatable bonds is 4. The smallest absolute Gasteiger partial charge is 0.309 e. The van der Waals surface area contributed by atoms with Gasteiger partial charge in [0, 0.05) is 19.6 Å². The predicted molar refractivity (Wildman–Crippen MR) is 69.3 cm³/mol. The molecule has 1 aliphatic heterocycles. The zero-order valence-corrected chi connectivity index (χ0v) is 11.7. The van der Waals surface area contributed by atoms with Gasteiger partial charge in [-0.2, -0.15) is 0 Å². The van der Waals surface area contributed by atoms with E-state index in [0.717, 1.165) is 6.42 Å². The Hall–Kier alpha value is -1.10. The number of hydrogen-bond donors (Lipinski definition) is 1. The lowest BCUT2D eigenvalue weighted by atomic mass is 10.1. The number of carboxylic acids is 1. The van der Waals surface area contributed by atoms with Crippen LogP contribution < -0.4 is 0 Å². The van der Waals surface area contributed by atoms with E-state index in [9.17, 15) is 14.7 Å². The van der Waals surface area contributed by atoms with E-state index in [-0.39, 0.29) is 11.9 Å². The molecule has 1 rings (SSSR count). The van der Waals surface area contributed by atoms with Crippen molar-refractivity contribution in [1.29, 1.82) is 0 Å². The summed E-state index contributed by atoms with van der Waals surface area (Å²) < 4.78 is 0. The monoisotopic (exact) mass is 256 g/mol. The van der Waals surface area contributed by atoms with Crippen LogP contribution in [0.25, 0.3) is 0 Å². The Morgan fingerprint density at radius 2 is 2.06 bits per heavy atom. The molecule has 1 aliphatic rings. The molecule has 0 spiro atoms. The maximum absolute atomic E-state index is 12.2. The maximum atomic E-state index is 12.2. The molecule has 1 fully saturated rings. The van der Waals surface area contributed by atoms with Gasteiger partial charge < -0.3 is 10.0 Å². The number of amides is 1. The molecule has 2 atom stereocenters. The third kappa shape index (κ3) is 3.70. The molecule has 104 valence electrons. The zero-order valence-electron chi connectivity index (χ0n) is 11.7. The van der Waals surface area contributed by atoms with Crippen molar-refractivity contribution in [3.8, 4) is 0 Å². The van der Waals surface area contributed by atoms with Gasteiger partial charge in [0.2, 0.25) is 5.91 Å². The van der Waals surface area contributed by atoms with E-state index in [1.807, 2.05) is 18.9 Å². The zero-order chi connectivity index (χ0) is 13.9. The van der Waals surface area contributed by atoms with E-state index in [1.54, 1.807) is 4.90 Å². The third-order valence-corrected chi connectivity index (χ3v) is 3.60. The molecule has 1 N–H and O–H groups in total. The molecule has 1 heterocycles. The van der Waals surface area contributed by atoms with E-state index < -0.39 is 11.9 Å². The van der Waals surface area contributed by atoms with Crippen LogP contribution in [-0.4, -0.2) is 59.5 Å². The Morgan fingerprint density at radius 1 is 1.44 bits per heavy atom. The van der Waals surface area contributed by atoms with Crippen molar-refractivity contribution in [1.82, 2.24) is 9.80 Å². The minimum atomic E-state index is -0.821. The van der Waals surface area contributed by atoms with Gasteiger partial charge in [0.15, 0.2) is 0 Å². The first-order chi connectivity index (χ1) is 8.32. The third-order valence-electron chi connectivity index (χ3n) is 3.60. The number of hydrogen-bond acceptors (Lipinski definition) is 3. The second kappa shape index (κ2) is 6.18. The highest BCUT2D eigenvalue weighted by atomic mass is 16.4. The lowest BCUT2D eigenvalue weighted by Crippen LogP contribution is -2.43. The first-order valence-corrected chi connectivity index (χ1v) is 6.54. The average molecular weight is 256 g/mol. The fourth-order valence-electron chi connectivity index (χ4n) is 2.14. The molecule has 18 heavy (non-hydrogen) atoms. The van der Waals surface area contributed by atoms with Crippen molar-refractivity contribution in [3.05, 3.63) is 0 Å². The first kappa shape index (κ1) is 15.0. The van der Waals surface area contributed by atoms with Gasteiger partial charge in [0.1, 0.15) is 0 Å². The molecule has 0 aromatic carbocycles. The molecule has 2 unspecified atom stereocenters. The molecule has 0 aliphatic carbocycles. The second-order valence-electron chi connectivity index (χ2n) is 5.62. The van der Waals surface area contributed by atoms with E-state index in [1.165, 1.54) is 0 Å². The van der Waals surface area contributed by atoms with E-state index >= 15 is 0 Å². The van der Waals surface area contributed by atoms with E-state index in [0.29, 0.717) is 25.6 Å². The lowest BCUT2D eigenvalue weighted by molar-refractivity contribution is -0.142. The normalized spacial score (nSPS) is 26.5. The predicted octanol–water partition coefficient (Wildman–Crippen LogP) is 0.896. The number of carbonyl (C=O) groups is 2. The van der Waals surface area contributed by atoms with Crippen molar-refractivity contribution >= 4 is 11.9 Å². The van der Waals surface area contributed by atoms with Gasteiger partial charge in [-0.25, -0.2) is 0 Å². The molecule has 0 bridgehead atoms. The summed E-state index contributed by atoms with van der Waals surface area (Å²) in [4.78, 5) is 27.0. The van der Waals surface area contributed by atoms with E-state index in [4.69, 9.17) is 0 Å². The minimum absolute atomic E-state index is 0.0434. The maximum Gasteiger partial charge on any atom is 0.309 e. The molecule has 1 saturated heterocycles. The van der Waals surface area contributed by atoms with Crippen LogP contribution in [0.1, 0.15) is 27.2 Å². The average Bonchev–Trinajstić information content (AvgIpc) is 2.39. The number of carbonyl (C=O) groups excluding carboxylic acids is 1. The van der Waals surface area contributed by atoms with Gasteiger partial charge in [-0.3, -0.25) is 14.5 Å². The van der Waals surface area contributed by atoms with Crippen LogP contribution in [0.3, 0.4) is 0 Å². The summed E-state index contributed by atoms with van der Waals surface area (Å²) >= 11 is 0. The van der Waals surface area contributed by atoms with Gasteiger partial charge in [0.05, 0.1) is 12.0 Å². The highest BCUT2D eigenvalue weighted by Crippen LogP contribution is 2.16. The van der Waals surface area contributed by atoms with Crippen LogP contribution in [0.2, 0.25) is 0 Å². The summed E-state index contributed by atoms with van der Waals surface area (Å²) in [5.74, 6) is -0.756. The Kier molecular flexibility index (Phi) is 5.14. The van der Waals surface area contributed by atoms with Crippen LogP contribution in [0.5, 0.6) is 0 Å². The number of carboxylic acid groups (broad SMARTS) is 1. The Bertz CT molecular complexity index is 317. The van der Waals surface area contributed by atoms with Crippen molar-refractivity contribution in [3.63, 3.8) is 0 Å².